The normalized spacial score (nSPS) is 13.2. The first-order valence-electron chi connectivity index (χ1n) is 4.33. The van der Waals surface area contributed by atoms with E-state index < -0.39 is 0 Å². The Kier molecular flexibility index (Phi) is 2.76. The van der Waals surface area contributed by atoms with Gasteiger partial charge in [-0.15, -0.1) is 0 Å². The van der Waals surface area contributed by atoms with Crippen LogP contribution in [0.3, 0.4) is 0 Å². The molecule has 1 atom stereocenters. The number of aromatic hydroxyl groups is 1. The summed E-state index contributed by atoms with van der Waals surface area (Å²) in [5.74, 6) is 0.137. The topological polar surface area (TPSA) is 50.4 Å². The first kappa shape index (κ1) is 9.84. The fraction of sp³-hybridized carbons (Fsp3) is 0.500. The lowest BCUT2D eigenvalue weighted by atomic mass is 9.91. The van der Waals surface area contributed by atoms with E-state index in [1.165, 1.54) is 6.26 Å². The molecule has 0 aliphatic heterocycles. The van der Waals surface area contributed by atoms with Crippen LogP contribution in [0.25, 0.3) is 0 Å². The van der Waals surface area contributed by atoms with E-state index in [-0.39, 0.29) is 17.1 Å². The van der Waals surface area contributed by atoms with Gasteiger partial charge in [0, 0.05) is 5.56 Å². The Balaban J connectivity index is 3.16. The maximum atomic E-state index is 11.4. The van der Waals surface area contributed by atoms with Crippen LogP contribution < -0.4 is 5.43 Å². The molecule has 3 heteroatoms. The van der Waals surface area contributed by atoms with Crippen molar-refractivity contribution in [3.63, 3.8) is 0 Å². The summed E-state index contributed by atoms with van der Waals surface area (Å²) in [4.78, 5) is 11.4. The average Bonchev–Trinajstić information content (AvgIpc) is 2.08. The Labute approximate surface area is 77.0 Å². The lowest BCUT2D eigenvalue weighted by Crippen LogP contribution is -2.14. The molecule has 0 spiro atoms. The van der Waals surface area contributed by atoms with E-state index in [9.17, 15) is 4.79 Å². The SMILES string of the molecule is CC(C)C(C)c1cocc(O)c1=O. The third-order valence-electron chi connectivity index (χ3n) is 2.36. The highest BCUT2D eigenvalue weighted by Crippen LogP contribution is 2.21. The van der Waals surface area contributed by atoms with Crippen molar-refractivity contribution >= 4 is 0 Å². The highest BCUT2D eigenvalue weighted by molar-refractivity contribution is 5.23. The van der Waals surface area contributed by atoms with Crippen LogP contribution in [0.15, 0.2) is 21.7 Å². The van der Waals surface area contributed by atoms with E-state index in [2.05, 4.69) is 0 Å². The zero-order chi connectivity index (χ0) is 10.0. The molecular weight excluding hydrogens is 168 g/mol. The van der Waals surface area contributed by atoms with Gasteiger partial charge in [-0.2, -0.15) is 0 Å². The number of hydrogen-bond donors (Lipinski definition) is 1. The average molecular weight is 182 g/mol. The molecule has 3 nitrogen and oxygen atoms in total. The molecule has 0 fully saturated rings. The molecule has 0 aromatic carbocycles. The first-order chi connectivity index (χ1) is 6.04. The molecule has 1 rings (SSSR count). The minimum atomic E-state index is -0.326. The Hall–Kier alpha value is -1.25. The van der Waals surface area contributed by atoms with Gasteiger partial charge in [0.05, 0.1) is 6.26 Å². The van der Waals surface area contributed by atoms with Crippen molar-refractivity contribution in [2.75, 3.05) is 0 Å². The van der Waals surface area contributed by atoms with Crippen molar-refractivity contribution in [1.29, 1.82) is 0 Å². The fourth-order valence-corrected chi connectivity index (χ4v) is 1.10. The molecule has 72 valence electrons. The molecule has 0 saturated heterocycles. The minimum Gasteiger partial charge on any atom is -0.502 e. The van der Waals surface area contributed by atoms with Crippen molar-refractivity contribution in [2.45, 2.75) is 26.7 Å². The van der Waals surface area contributed by atoms with Gasteiger partial charge in [0.25, 0.3) is 0 Å². The summed E-state index contributed by atoms with van der Waals surface area (Å²) >= 11 is 0. The van der Waals surface area contributed by atoms with Gasteiger partial charge < -0.3 is 9.52 Å². The van der Waals surface area contributed by atoms with Crippen molar-refractivity contribution in [3.05, 3.63) is 28.3 Å². The minimum absolute atomic E-state index is 0.100. The zero-order valence-corrected chi connectivity index (χ0v) is 8.07. The predicted octanol–water partition coefficient (Wildman–Crippen LogP) is 2.10. The molecule has 1 unspecified atom stereocenters. The van der Waals surface area contributed by atoms with Gasteiger partial charge in [0.1, 0.15) is 6.26 Å². The van der Waals surface area contributed by atoms with E-state index >= 15 is 0 Å². The molecule has 1 N–H and O–H groups in total. The Morgan fingerprint density at radius 3 is 2.46 bits per heavy atom. The third kappa shape index (κ3) is 1.91. The first-order valence-corrected chi connectivity index (χ1v) is 4.33. The second-order valence-electron chi connectivity index (χ2n) is 3.57. The summed E-state index contributed by atoms with van der Waals surface area (Å²) in [5.41, 5.74) is 0.211. The van der Waals surface area contributed by atoms with E-state index in [1.54, 1.807) is 0 Å². The zero-order valence-electron chi connectivity index (χ0n) is 8.07. The molecule has 0 aliphatic carbocycles. The Morgan fingerprint density at radius 2 is 1.92 bits per heavy atom. The highest BCUT2D eigenvalue weighted by atomic mass is 16.3. The highest BCUT2D eigenvalue weighted by Gasteiger charge is 2.15. The van der Waals surface area contributed by atoms with Crippen molar-refractivity contribution in [3.8, 4) is 5.75 Å². The number of rotatable bonds is 2. The summed E-state index contributed by atoms with van der Waals surface area (Å²) in [6.07, 6.45) is 2.46. The fourth-order valence-electron chi connectivity index (χ4n) is 1.10. The molecule has 1 heterocycles. The lowest BCUT2D eigenvalue weighted by molar-refractivity contribution is 0.416. The second-order valence-corrected chi connectivity index (χ2v) is 3.57. The predicted molar refractivity (Wildman–Crippen MR) is 49.9 cm³/mol. The molecule has 1 aromatic rings. The number of hydrogen-bond acceptors (Lipinski definition) is 3. The quantitative estimate of drug-likeness (QED) is 0.762. The summed E-state index contributed by atoms with van der Waals surface area (Å²) in [7, 11) is 0. The molecule has 0 aliphatic rings. The van der Waals surface area contributed by atoms with E-state index in [1.807, 2.05) is 20.8 Å². The summed E-state index contributed by atoms with van der Waals surface area (Å²) in [6.45, 7) is 5.98. The van der Waals surface area contributed by atoms with Crippen LogP contribution in [0.5, 0.6) is 5.75 Å². The molecule has 13 heavy (non-hydrogen) atoms. The van der Waals surface area contributed by atoms with E-state index in [4.69, 9.17) is 9.52 Å². The molecule has 0 bridgehead atoms. The summed E-state index contributed by atoms with van der Waals surface area (Å²) in [5, 5.41) is 9.12. The molecule has 1 aromatic heterocycles. The molecule has 0 amide bonds. The van der Waals surface area contributed by atoms with Gasteiger partial charge in [-0.3, -0.25) is 4.79 Å². The molecule has 0 saturated carbocycles. The summed E-state index contributed by atoms with van der Waals surface area (Å²) < 4.78 is 4.84. The van der Waals surface area contributed by atoms with E-state index in [0.717, 1.165) is 6.26 Å². The van der Waals surface area contributed by atoms with Gasteiger partial charge >= 0.3 is 0 Å². The largest absolute Gasteiger partial charge is 0.502 e. The van der Waals surface area contributed by atoms with Gasteiger partial charge in [0.2, 0.25) is 5.43 Å². The smallest absolute Gasteiger partial charge is 0.229 e. The second kappa shape index (κ2) is 3.64. The lowest BCUT2D eigenvalue weighted by Gasteiger charge is -2.13. The Morgan fingerprint density at radius 1 is 1.31 bits per heavy atom. The van der Waals surface area contributed by atoms with E-state index in [0.29, 0.717) is 11.5 Å². The van der Waals surface area contributed by atoms with Crippen LogP contribution in [0, 0.1) is 5.92 Å². The summed E-state index contributed by atoms with van der Waals surface area (Å²) in [6, 6.07) is 0. The third-order valence-corrected chi connectivity index (χ3v) is 2.36. The van der Waals surface area contributed by atoms with Crippen LogP contribution in [0.1, 0.15) is 32.3 Å². The Bertz CT molecular complexity index is 338. The van der Waals surface area contributed by atoms with Crippen LogP contribution in [-0.4, -0.2) is 5.11 Å². The van der Waals surface area contributed by atoms with Crippen molar-refractivity contribution < 1.29 is 9.52 Å². The molecule has 0 radical (unpaired) electrons. The van der Waals surface area contributed by atoms with Crippen molar-refractivity contribution in [2.24, 2.45) is 5.92 Å². The standard InChI is InChI=1S/C10H14O3/c1-6(2)7(3)8-4-13-5-9(11)10(8)12/h4-7,11H,1-3H3. The maximum Gasteiger partial charge on any atom is 0.229 e. The van der Waals surface area contributed by atoms with Crippen LogP contribution >= 0.6 is 0 Å². The van der Waals surface area contributed by atoms with Crippen LogP contribution in [-0.2, 0) is 0 Å². The monoisotopic (exact) mass is 182 g/mol. The maximum absolute atomic E-state index is 11.4. The van der Waals surface area contributed by atoms with Gasteiger partial charge in [-0.1, -0.05) is 20.8 Å². The van der Waals surface area contributed by atoms with Gasteiger partial charge in [-0.05, 0) is 11.8 Å². The molecular formula is C10H14O3. The van der Waals surface area contributed by atoms with Gasteiger partial charge in [0.15, 0.2) is 5.75 Å². The van der Waals surface area contributed by atoms with Crippen LogP contribution in [0.2, 0.25) is 0 Å². The van der Waals surface area contributed by atoms with Gasteiger partial charge in [-0.25, -0.2) is 0 Å². The van der Waals surface area contributed by atoms with Crippen molar-refractivity contribution in [1.82, 2.24) is 0 Å². The van der Waals surface area contributed by atoms with Crippen LogP contribution in [0.4, 0.5) is 0 Å².